The van der Waals surface area contributed by atoms with E-state index in [0.29, 0.717) is 24.2 Å². The minimum atomic E-state index is -4.35. The minimum absolute atomic E-state index is 0.1000. The molecule has 1 aliphatic heterocycles. The molecule has 0 saturated carbocycles. The average molecular weight is 392 g/mol. The Morgan fingerprint density at radius 1 is 0.929 bits per heavy atom. The molecule has 1 aliphatic rings. The van der Waals surface area contributed by atoms with Gasteiger partial charge in [-0.2, -0.15) is 13.2 Å². The first-order valence-electron chi connectivity index (χ1n) is 9.20. The van der Waals surface area contributed by atoms with Crippen molar-refractivity contribution in [3.05, 3.63) is 71.3 Å². The number of nitrogens with zero attached hydrogens (tertiary/aromatic N) is 2. The van der Waals surface area contributed by atoms with Gasteiger partial charge in [-0.3, -0.25) is 9.69 Å². The second-order valence-electron chi connectivity index (χ2n) is 6.86. The van der Waals surface area contributed by atoms with Crippen LogP contribution in [0.3, 0.4) is 0 Å². The van der Waals surface area contributed by atoms with Crippen LogP contribution in [0.25, 0.3) is 0 Å². The number of rotatable bonds is 6. The van der Waals surface area contributed by atoms with Crippen LogP contribution in [0.5, 0.6) is 0 Å². The smallest absolute Gasteiger partial charge is 0.367 e. The zero-order valence-electron chi connectivity index (χ0n) is 15.5. The molecule has 0 radical (unpaired) electrons. The van der Waals surface area contributed by atoms with E-state index >= 15 is 0 Å². The number of ether oxygens (including phenoxy) is 1. The van der Waals surface area contributed by atoms with Crippen LogP contribution in [-0.4, -0.2) is 54.7 Å². The van der Waals surface area contributed by atoms with Gasteiger partial charge in [-0.1, -0.05) is 42.5 Å². The predicted octanol–water partition coefficient (Wildman–Crippen LogP) is 3.72. The molecule has 2 aromatic rings. The Hall–Kier alpha value is -2.38. The molecule has 4 nitrogen and oxygen atoms in total. The highest BCUT2D eigenvalue weighted by Crippen LogP contribution is 2.17. The van der Waals surface area contributed by atoms with Crippen molar-refractivity contribution < 1.29 is 22.7 Å². The van der Waals surface area contributed by atoms with Crippen LogP contribution in [0.4, 0.5) is 13.2 Å². The van der Waals surface area contributed by atoms with Crippen molar-refractivity contribution in [3.63, 3.8) is 0 Å². The SMILES string of the molecule is O=C(c1cccc(COCC(F)(F)F)c1)N1CCN(Cc2ccccc2)CC1. The number of halogens is 3. The lowest BCUT2D eigenvalue weighted by Crippen LogP contribution is -2.48. The minimum Gasteiger partial charge on any atom is -0.367 e. The first-order valence-corrected chi connectivity index (χ1v) is 9.20. The Bertz CT molecular complexity index is 773. The van der Waals surface area contributed by atoms with Gasteiger partial charge in [-0.05, 0) is 23.3 Å². The Morgan fingerprint density at radius 2 is 1.61 bits per heavy atom. The molecule has 0 aliphatic carbocycles. The highest BCUT2D eigenvalue weighted by atomic mass is 19.4. The molecule has 0 bridgehead atoms. The summed E-state index contributed by atoms with van der Waals surface area (Å²) in [6.45, 7) is 2.21. The molecular formula is C21H23F3N2O2. The van der Waals surface area contributed by atoms with Gasteiger partial charge < -0.3 is 9.64 Å². The Kier molecular flexibility index (Phi) is 6.70. The maximum absolute atomic E-state index is 12.7. The second kappa shape index (κ2) is 9.21. The fourth-order valence-electron chi connectivity index (χ4n) is 3.21. The third kappa shape index (κ3) is 6.07. The highest BCUT2D eigenvalue weighted by molar-refractivity contribution is 5.94. The molecule has 0 N–H and O–H groups in total. The summed E-state index contributed by atoms with van der Waals surface area (Å²) in [6.07, 6.45) is -4.35. The fourth-order valence-corrected chi connectivity index (χ4v) is 3.21. The topological polar surface area (TPSA) is 32.8 Å². The van der Waals surface area contributed by atoms with Gasteiger partial charge in [0.25, 0.3) is 5.91 Å². The van der Waals surface area contributed by atoms with Gasteiger partial charge >= 0.3 is 6.18 Å². The molecule has 7 heteroatoms. The molecular weight excluding hydrogens is 369 g/mol. The molecule has 0 spiro atoms. The number of amides is 1. The largest absolute Gasteiger partial charge is 0.411 e. The molecule has 150 valence electrons. The van der Waals surface area contributed by atoms with Crippen LogP contribution in [0.1, 0.15) is 21.5 Å². The van der Waals surface area contributed by atoms with E-state index in [2.05, 4.69) is 21.8 Å². The van der Waals surface area contributed by atoms with E-state index in [-0.39, 0.29) is 12.5 Å². The molecule has 0 aromatic heterocycles. The molecule has 28 heavy (non-hydrogen) atoms. The average Bonchev–Trinajstić information content (AvgIpc) is 2.68. The Balaban J connectivity index is 1.51. The maximum Gasteiger partial charge on any atom is 0.411 e. The number of alkyl halides is 3. The first kappa shape index (κ1) is 20.4. The van der Waals surface area contributed by atoms with Crippen molar-refractivity contribution in [3.8, 4) is 0 Å². The predicted molar refractivity (Wildman–Crippen MR) is 99.8 cm³/mol. The molecule has 1 amide bonds. The number of hydrogen-bond acceptors (Lipinski definition) is 3. The lowest BCUT2D eigenvalue weighted by Gasteiger charge is -2.34. The van der Waals surface area contributed by atoms with Gasteiger partial charge in [0.2, 0.25) is 0 Å². The van der Waals surface area contributed by atoms with Crippen LogP contribution in [-0.2, 0) is 17.9 Å². The summed E-state index contributed by atoms with van der Waals surface area (Å²) in [5.74, 6) is -0.1000. The Morgan fingerprint density at radius 3 is 2.29 bits per heavy atom. The van der Waals surface area contributed by atoms with Gasteiger partial charge in [0.15, 0.2) is 0 Å². The first-order chi connectivity index (χ1) is 13.4. The van der Waals surface area contributed by atoms with Crippen LogP contribution in [0, 0.1) is 0 Å². The molecule has 0 unspecified atom stereocenters. The van der Waals surface area contributed by atoms with E-state index in [1.807, 2.05) is 18.2 Å². The zero-order chi connectivity index (χ0) is 20.0. The number of benzene rings is 2. The molecule has 0 atom stereocenters. The number of carbonyl (C=O) groups excluding carboxylic acids is 1. The fraction of sp³-hybridized carbons (Fsp3) is 0.381. The summed E-state index contributed by atoms with van der Waals surface area (Å²) in [7, 11) is 0. The van der Waals surface area contributed by atoms with Crippen molar-refractivity contribution in [1.82, 2.24) is 9.80 Å². The summed E-state index contributed by atoms with van der Waals surface area (Å²) in [6, 6.07) is 16.8. The van der Waals surface area contributed by atoms with Crippen molar-refractivity contribution in [2.45, 2.75) is 19.3 Å². The van der Waals surface area contributed by atoms with Gasteiger partial charge in [0, 0.05) is 38.3 Å². The molecule has 2 aromatic carbocycles. The molecule has 1 heterocycles. The molecule has 1 fully saturated rings. The maximum atomic E-state index is 12.7. The monoisotopic (exact) mass is 392 g/mol. The zero-order valence-corrected chi connectivity index (χ0v) is 15.5. The summed E-state index contributed by atoms with van der Waals surface area (Å²) in [5, 5.41) is 0. The molecule has 1 saturated heterocycles. The van der Waals surface area contributed by atoms with E-state index < -0.39 is 12.8 Å². The Labute approximate surface area is 162 Å². The van der Waals surface area contributed by atoms with E-state index in [9.17, 15) is 18.0 Å². The highest BCUT2D eigenvalue weighted by Gasteiger charge is 2.27. The standard InChI is InChI=1S/C21H23F3N2O2/c22-21(23,24)16-28-15-18-7-4-8-19(13-18)20(27)26-11-9-25(10-12-26)14-17-5-2-1-3-6-17/h1-8,13H,9-12,14-16H2. The quantitative estimate of drug-likeness (QED) is 0.751. The third-order valence-corrected chi connectivity index (χ3v) is 4.62. The summed E-state index contributed by atoms with van der Waals surface area (Å²) >= 11 is 0. The summed E-state index contributed by atoms with van der Waals surface area (Å²) < 4.78 is 41.2. The number of carbonyl (C=O) groups is 1. The van der Waals surface area contributed by atoms with Crippen LogP contribution >= 0.6 is 0 Å². The van der Waals surface area contributed by atoms with E-state index in [1.165, 1.54) is 5.56 Å². The van der Waals surface area contributed by atoms with Gasteiger partial charge in [-0.25, -0.2) is 0 Å². The van der Waals surface area contributed by atoms with Gasteiger partial charge in [0.05, 0.1) is 6.61 Å². The molecule has 3 rings (SSSR count). The van der Waals surface area contributed by atoms with Crippen molar-refractivity contribution >= 4 is 5.91 Å². The van der Waals surface area contributed by atoms with E-state index in [1.54, 1.807) is 29.2 Å². The second-order valence-corrected chi connectivity index (χ2v) is 6.86. The van der Waals surface area contributed by atoms with Crippen LogP contribution < -0.4 is 0 Å². The van der Waals surface area contributed by atoms with E-state index in [0.717, 1.165) is 19.6 Å². The van der Waals surface area contributed by atoms with Gasteiger partial charge in [-0.15, -0.1) is 0 Å². The van der Waals surface area contributed by atoms with Crippen molar-refractivity contribution in [2.24, 2.45) is 0 Å². The lowest BCUT2D eigenvalue weighted by atomic mass is 10.1. The number of piperazine rings is 1. The summed E-state index contributed by atoms with van der Waals surface area (Å²) in [5.41, 5.74) is 2.27. The summed E-state index contributed by atoms with van der Waals surface area (Å²) in [4.78, 5) is 16.8. The third-order valence-electron chi connectivity index (χ3n) is 4.62. The van der Waals surface area contributed by atoms with Crippen molar-refractivity contribution in [1.29, 1.82) is 0 Å². The van der Waals surface area contributed by atoms with Crippen LogP contribution in [0.2, 0.25) is 0 Å². The van der Waals surface area contributed by atoms with Crippen molar-refractivity contribution in [2.75, 3.05) is 32.8 Å². The van der Waals surface area contributed by atoms with Crippen LogP contribution in [0.15, 0.2) is 54.6 Å². The normalized spacial score (nSPS) is 15.6. The van der Waals surface area contributed by atoms with E-state index in [4.69, 9.17) is 0 Å². The number of hydrogen-bond donors (Lipinski definition) is 0. The van der Waals surface area contributed by atoms with Gasteiger partial charge in [0.1, 0.15) is 6.61 Å². The lowest BCUT2D eigenvalue weighted by molar-refractivity contribution is -0.176.